The van der Waals surface area contributed by atoms with Crippen molar-refractivity contribution < 1.29 is 4.79 Å². The summed E-state index contributed by atoms with van der Waals surface area (Å²) in [5.74, 6) is 0.725. The summed E-state index contributed by atoms with van der Waals surface area (Å²) in [7, 11) is 0. The summed E-state index contributed by atoms with van der Waals surface area (Å²) in [6.07, 6.45) is 6.64. The number of carbonyl (C=O) groups is 1. The van der Waals surface area contributed by atoms with Crippen LogP contribution < -0.4 is 5.32 Å². The molecule has 0 spiro atoms. The molecule has 2 aliphatic rings. The standard InChI is InChI=1S/C32H32N2O/c1-22-14-19-30-26(20-22)21-31(24-9-3-2-4-10-24)34(30)27-17-15-25(16-18-27)32(35)33-29-13-7-11-23-8-5-6-12-28(23)29/h2-6,8-10,12,15-18,21-22,29H,7,11,13-14,19-20H2,1H3,(H,33,35)/t22-,29+/m0/s1. The second-order valence-electron chi connectivity index (χ2n) is 10.2. The predicted molar refractivity (Wildman–Crippen MR) is 142 cm³/mol. The molecular weight excluding hydrogens is 428 g/mol. The molecule has 0 radical (unpaired) electrons. The smallest absolute Gasteiger partial charge is 0.251 e. The molecule has 35 heavy (non-hydrogen) atoms. The maximum atomic E-state index is 13.2. The Kier molecular flexibility index (Phi) is 5.77. The predicted octanol–water partition coefficient (Wildman–Crippen LogP) is 7.08. The van der Waals surface area contributed by atoms with Crippen LogP contribution in [0, 0.1) is 5.92 Å². The minimum atomic E-state index is 0.00453. The number of hydrogen-bond donors (Lipinski definition) is 1. The Balaban J connectivity index is 1.30. The minimum Gasteiger partial charge on any atom is -0.345 e. The van der Waals surface area contributed by atoms with E-state index in [0.29, 0.717) is 5.56 Å². The van der Waals surface area contributed by atoms with Gasteiger partial charge < -0.3 is 9.88 Å². The summed E-state index contributed by atoms with van der Waals surface area (Å²) in [5.41, 5.74) is 9.81. The van der Waals surface area contributed by atoms with Crippen molar-refractivity contribution >= 4 is 5.91 Å². The maximum absolute atomic E-state index is 13.2. The molecule has 0 fully saturated rings. The van der Waals surface area contributed by atoms with E-state index >= 15 is 0 Å². The molecule has 0 unspecified atom stereocenters. The van der Waals surface area contributed by atoms with Gasteiger partial charge in [0.25, 0.3) is 5.91 Å². The molecule has 1 N–H and O–H groups in total. The Morgan fingerprint density at radius 2 is 1.63 bits per heavy atom. The van der Waals surface area contributed by atoms with Gasteiger partial charge in [-0.1, -0.05) is 61.5 Å². The van der Waals surface area contributed by atoms with Gasteiger partial charge in [-0.25, -0.2) is 0 Å². The molecule has 1 heterocycles. The van der Waals surface area contributed by atoms with Gasteiger partial charge in [-0.15, -0.1) is 0 Å². The average Bonchev–Trinajstić information content (AvgIpc) is 3.28. The van der Waals surface area contributed by atoms with E-state index in [-0.39, 0.29) is 11.9 Å². The number of benzene rings is 3. The van der Waals surface area contributed by atoms with Crippen molar-refractivity contribution in [2.24, 2.45) is 5.92 Å². The highest BCUT2D eigenvalue weighted by Crippen LogP contribution is 2.35. The number of rotatable bonds is 4. The van der Waals surface area contributed by atoms with Gasteiger partial charge in [0, 0.05) is 16.9 Å². The van der Waals surface area contributed by atoms with E-state index in [0.717, 1.165) is 43.7 Å². The molecule has 3 aromatic carbocycles. The molecule has 0 aliphatic heterocycles. The zero-order chi connectivity index (χ0) is 23.8. The Bertz CT molecular complexity index is 1350. The molecule has 3 heteroatoms. The van der Waals surface area contributed by atoms with Gasteiger partial charge in [0.2, 0.25) is 0 Å². The van der Waals surface area contributed by atoms with Gasteiger partial charge in [-0.05, 0) is 97.0 Å². The SMILES string of the molecule is C[C@H]1CCc2c(cc(-c3ccccc3)n2-c2ccc(C(=O)N[C@@H]3CCCc4ccccc43)cc2)C1. The first-order chi connectivity index (χ1) is 17.2. The van der Waals surface area contributed by atoms with Crippen LogP contribution in [0.2, 0.25) is 0 Å². The molecule has 4 aromatic rings. The summed E-state index contributed by atoms with van der Waals surface area (Å²) in [4.78, 5) is 13.2. The van der Waals surface area contributed by atoms with Crippen molar-refractivity contribution in [3.63, 3.8) is 0 Å². The van der Waals surface area contributed by atoms with Gasteiger partial charge >= 0.3 is 0 Å². The number of hydrogen-bond acceptors (Lipinski definition) is 1. The Morgan fingerprint density at radius 1 is 0.857 bits per heavy atom. The summed E-state index contributed by atoms with van der Waals surface area (Å²) in [5, 5.41) is 3.29. The van der Waals surface area contributed by atoms with E-state index < -0.39 is 0 Å². The van der Waals surface area contributed by atoms with E-state index in [4.69, 9.17) is 0 Å². The van der Waals surface area contributed by atoms with Crippen molar-refractivity contribution in [3.05, 3.63) is 113 Å². The number of aromatic nitrogens is 1. The molecular formula is C32H32N2O. The van der Waals surface area contributed by atoms with Gasteiger partial charge in [-0.2, -0.15) is 0 Å². The van der Waals surface area contributed by atoms with Crippen LogP contribution in [0.25, 0.3) is 16.9 Å². The van der Waals surface area contributed by atoms with Gasteiger partial charge in [0.05, 0.1) is 11.7 Å². The zero-order valence-corrected chi connectivity index (χ0v) is 20.3. The molecule has 3 nitrogen and oxygen atoms in total. The lowest BCUT2D eigenvalue weighted by Gasteiger charge is -2.26. The lowest BCUT2D eigenvalue weighted by Crippen LogP contribution is -2.30. The van der Waals surface area contributed by atoms with E-state index in [1.165, 1.54) is 40.1 Å². The number of aryl methyl sites for hydroxylation is 1. The summed E-state index contributed by atoms with van der Waals surface area (Å²) in [6.45, 7) is 2.35. The van der Waals surface area contributed by atoms with E-state index in [1.54, 1.807) is 0 Å². The number of fused-ring (bicyclic) bond motifs is 2. The first-order valence-corrected chi connectivity index (χ1v) is 13.0. The second kappa shape index (κ2) is 9.22. The molecule has 0 saturated carbocycles. The first-order valence-electron chi connectivity index (χ1n) is 13.0. The zero-order valence-electron chi connectivity index (χ0n) is 20.3. The fourth-order valence-corrected chi connectivity index (χ4v) is 5.94. The molecule has 1 amide bonds. The molecule has 0 saturated heterocycles. The monoisotopic (exact) mass is 460 g/mol. The maximum Gasteiger partial charge on any atom is 0.251 e. The van der Waals surface area contributed by atoms with Crippen LogP contribution in [0.3, 0.4) is 0 Å². The van der Waals surface area contributed by atoms with Crippen LogP contribution in [0.5, 0.6) is 0 Å². The molecule has 1 aromatic heterocycles. The van der Waals surface area contributed by atoms with Crippen molar-refractivity contribution in [1.82, 2.24) is 9.88 Å². The van der Waals surface area contributed by atoms with Gasteiger partial charge in [-0.3, -0.25) is 4.79 Å². The normalized spacial score (nSPS) is 19.0. The number of carbonyl (C=O) groups excluding carboxylic acids is 1. The summed E-state index contributed by atoms with van der Waals surface area (Å²) >= 11 is 0. The van der Waals surface area contributed by atoms with Crippen molar-refractivity contribution in [3.8, 4) is 16.9 Å². The second-order valence-corrected chi connectivity index (χ2v) is 10.2. The molecule has 176 valence electrons. The third-order valence-electron chi connectivity index (χ3n) is 7.77. The largest absolute Gasteiger partial charge is 0.345 e. The lowest BCUT2D eigenvalue weighted by atomic mass is 9.87. The fourth-order valence-electron chi connectivity index (χ4n) is 5.94. The number of amides is 1. The summed E-state index contributed by atoms with van der Waals surface area (Å²) in [6, 6.07) is 29.8. The van der Waals surface area contributed by atoms with Crippen molar-refractivity contribution in [2.75, 3.05) is 0 Å². The number of nitrogens with one attached hydrogen (secondary N) is 1. The van der Waals surface area contributed by atoms with E-state index in [1.807, 2.05) is 12.1 Å². The third kappa shape index (κ3) is 4.20. The highest BCUT2D eigenvalue weighted by atomic mass is 16.1. The van der Waals surface area contributed by atoms with Crippen LogP contribution in [-0.4, -0.2) is 10.5 Å². The highest BCUT2D eigenvalue weighted by molar-refractivity contribution is 5.94. The van der Waals surface area contributed by atoms with Crippen LogP contribution in [0.15, 0.2) is 84.9 Å². The topological polar surface area (TPSA) is 34.0 Å². The molecule has 2 aliphatic carbocycles. The Labute approximate surface area is 207 Å². The van der Waals surface area contributed by atoms with Crippen LogP contribution in [0.4, 0.5) is 0 Å². The van der Waals surface area contributed by atoms with Crippen LogP contribution >= 0.6 is 0 Å². The number of nitrogens with zero attached hydrogens (tertiary/aromatic N) is 1. The molecule has 2 atom stereocenters. The van der Waals surface area contributed by atoms with Gasteiger partial charge in [0.15, 0.2) is 0 Å². The van der Waals surface area contributed by atoms with Crippen LogP contribution in [-0.2, 0) is 19.3 Å². The fraction of sp³-hybridized carbons (Fsp3) is 0.281. The Hall–Kier alpha value is -3.59. The molecule has 6 rings (SSSR count). The van der Waals surface area contributed by atoms with Gasteiger partial charge in [0.1, 0.15) is 0 Å². The van der Waals surface area contributed by atoms with Crippen molar-refractivity contribution in [2.45, 2.75) is 51.5 Å². The first kappa shape index (κ1) is 21.9. The van der Waals surface area contributed by atoms with Crippen LogP contribution in [0.1, 0.15) is 65.0 Å². The third-order valence-corrected chi connectivity index (χ3v) is 7.77. The lowest BCUT2D eigenvalue weighted by molar-refractivity contribution is 0.0933. The van der Waals surface area contributed by atoms with Crippen molar-refractivity contribution in [1.29, 1.82) is 0 Å². The average molecular weight is 461 g/mol. The quantitative estimate of drug-likeness (QED) is 0.347. The van der Waals surface area contributed by atoms with E-state index in [2.05, 4.69) is 89.6 Å². The highest BCUT2D eigenvalue weighted by Gasteiger charge is 2.24. The Morgan fingerprint density at radius 3 is 2.46 bits per heavy atom. The summed E-state index contributed by atoms with van der Waals surface area (Å²) < 4.78 is 2.41. The molecule has 0 bridgehead atoms. The van der Waals surface area contributed by atoms with E-state index in [9.17, 15) is 4.79 Å². The minimum absolute atomic E-state index is 0.00453.